The van der Waals surface area contributed by atoms with Gasteiger partial charge in [0.1, 0.15) is 48.8 Å². The first-order chi connectivity index (χ1) is 37.1. The second-order valence-corrected chi connectivity index (χ2v) is 18.6. The minimum Gasteiger partial charge on any atom is -0.394 e. The number of allylic oxidation sites excluding steroid dienone is 25. The van der Waals surface area contributed by atoms with Crippen molar-refractivity contribution in [3.05, 3.63) is 158 Å². The fourth-order valence-corrected chi connectivity index (χ4v) is 7.75. The zero-order chi connectivity index (χ0) is 55.3. The van der Waals surface area contributed by atoms with Crippen LogP contribution in [0, 0.1) is 0 Å². The molecule has 2 saturated heterocycles. The molecule has 0 aliphatic carbocycles. The van der Waals surface area contributed by atoms with Gasteiger partial charge in [0, 0.05) is 6.42 Å². The summed E-state index contributed by atoms with van der Waals surface area (Å²) in [4.78, 5) is 13.0. The summed E-state index contributed by atoms with van der Waals surface area (Å²) >= 11 is 0. The summed E-state index contributed by atoms with van der Waals surface area (Å²) in [7, 11) is 0. The summed E-state index contributed by atoms with van der Waals surface area (Å²) in [5.41, 5.74) is 0. The van der Waals surface area contributed by atoms with Crippen LogP contribution in [0.3, 0.4) is 0 Å². The summed E-state index contributed by atoms with van der Waals surface area (Å²) in [5, 5.41) is 85.9. The number of hydrogen-bond donors (Lipinski definition) is 9. The van der Waals surface area contributed by atoms with E-state index < -0.39 is 86.8 Å². The Morgan fingerprint density at radius 3 is 1.32 bits per heavy atom. The molecule has 0 aromatic rings. The number of aliphatic hydroxyl groups excluding tert-OH is 8. The van der Waals surface area contributed by atoms with Crippen LogP contribution in [0.15, 0.2) is 158 Å². The fraction of sp³-hybridized carbons (Fsp3) is 0.565. The van der Waals surface area contributed by atoms with Crippen molar-refractivity contribution < 1.29 is 64.6 Å². The highest BCUT2D eigenvalue weighted by molar-refractivity contribution is 5.76. The summed E-state index contributed by atoms with van der Waals surface area (Å²) in [6.07, 6.45) is 54.3. The minimum absolute atomic E-state index is 0.211. The largest absolute Gasteiger partial charge is 0.394 e. The van der Waals surface area contributed by atoms with Crippen molar-refractivity contribution in [2.24, 2.45) is 0 Å². The van der Waals surface area contributed by atoms with Gasteiger partial charge in [0.05, 0.1) is 32.0 Å². The quantitative estimate of drug-likeness (QED) is 0.0207. The van der Waals surface area contributed by atoms with Crippen LogP contribution in [-0.4, -0.2) is 140 Å². The molecule has 14 heteroatoms. The van der Waals surface area contributed by atoms with Gasteiger partial charge < -0.3 is 65.1 Å². The molecular formula is C62H95NO13. The molecule has 12 atom stereocenters. The van der Waals surface area contributed by atoms with Crippen LogP contribution in [0.4, 0.5) is 0 Å². The lowest BCUT2D eigenvalue weighted by Crippen LogP contribution is -2.65. The molecule has 2 heterocycles. The van der Waals surface area contributed by atoms with Crippen molar-refractivity contribution in [1.82, 2.24) is 5.32 Å². The topological polar surface area (TPSA) is 228 Å². The summed E-state index contributed by atoms with van der Waals surface area (Å²) < 4.78 is 22.4. The van der Waals surface area contributed by atoms with Crippen LogP contribution in [0.5, 0.6) is 0 Å². The van der Waals surface area contributed by atoms with Crippen LogP contribution >= 0.6 is 0 Å². The van der Waals surface area contributed by atoms with Crippen molar-refractivity contribution in [2.75, 3.05) is 19.8 Å². The number of nitrogens with one attached hydrogen (secondary N) is 1. The molecule has 426 valence electrons. The van der Waals surface area contributed by atoms with Crippen LogP contribution in [0.2, 0.25) is 0 Å². The lowest BCUT2D eigenvalue weighted by atomic mass is 9.97. The van der Waals surface area contributed by atoms with E-state index in [1.807, 2.05) is 6.92 Å². The second kappa shape index (κ2) is 45.6. The van der Waals surface area contributed by atoms with E-state index in [4.69, 9.17) is 18.9 Å². The second-order valence-electron chi connectivity index (χ2n) is 18.6. The summed E-state index contributed by atoms with van der Waals surface area (Å²) in [6, 6.07) is -0.945. The number of hydrogen-bond acceptors (Lipinski definition) is 13. The first kappa shape index (κ1) is 67.7. The SMILES string of the molecule is CC/C=C\C/C=C\C/C=C\C/C=C\C/C=C\C/C=C\C/C=C\C/C=C\C/C=C\C/C=C\C/C=C\C/C=C\CCCCC(=O)NC(COC1OC(CO)C(OC2OC(CO)C(O)C(O)C2O)C(O)C1O)C(O)/C=C/CCC. The lowest BCUT2D eigenvalue weighted by molar-refractivity contribution is -0.359. The average Bonchev–Trinajstić information content (AvgIpc) is 3.42. The van der Waals surface area contributed by atoms with E-state index >= 15 is 0 Å². The number of carbonyl (C=O) groups is 1. The van der Waals surface area contributed by atoms with Gasteiger partial charge in [0.25, 0.3) is 0 Å². The molecule has 0 aromatic carbocycles. The summed E-state index contributed by atoms with van der Waals surface area (Å²) in [5.74, 6) is -0.303. The minimum atomic E-state index is -1.80. The van der Waals surface area contributed by atoms with Gasteiger partial charge >= 0.3 is 0 Å². The Labute approximate surface area is 455 Å². The number of unbranched alkanes of at least 4 members (excludes halogenated alkanes) is 3. The highest BCUT2D eigenvalue weighted by Gasteiger charge is 2.51. The highest BCUT2D eigenvalue weighted by atomic mass is 16.7. The van der Waals surface area contributed by atoms with Gasteiger partial charge in [0.2, 0.25) is 5.91 Å². The molecule has 2 rings (SSSR count). The standard InChI is InChI=1S/C62H95NO13/c1-3-5-7-8-9-10-11-12-13-14-15-16-17-18-19-20-21-22-23-24-25-26-27-28-29-30-31-32-33-34-35-36-37-38-39-40-41-42-44-46-54(67)63-50(51(66)45-43-6-4-2)49-73-61-59(72)57(70)60(53(48-65)75-61)76-62-58(71)56(69)55(68)52(47-64)74-62/h5,7,9-10,12-13,15-16,18-19,21-22,24-25,27-28,30-31,33-34,36-37,39-40,43,45,50-53,55-62,64-66,68-72H,3-4,6,8,11,14,17,20,23,26,29,32,35,38,41-42,44,46-49H2,1-2H3,(H,63,67)/b7-5-,10-9-,13-12-,16-15-,19-18-,22-21-,25-24-,28-27-,31-30-,34-33-,37-36-,40-39-,45-43+. The van der Waals surface area contributed by atoms with E-state index in [2.05, 4.69) is 158 Å². The van der Waals surface area contributed by atoms with Crippen molar-refractivity contribution in [3.63, 3.8) is 0 Å². The Hall–Kier alpha value is -4.39. The Kier molecular flexibility index (Phi) is 40.6. The van der Waals surface area contributed by atoms with Gasteiger partial charge in [-0.25, -0.2) is 0 Å². The number of rotatable bonds is 40. The molecule has 0 spiro atoms. The zero-order valence-electron chi connectivity index (χ0n) is 45.4. The maximum absolute atomic E-state index is 13.0. The highest BCUT2D eigenvalue weighted by Crippen LogP contribution is 2.30. The van der Waals surface area contributed by atoms with Gasteiger partial charge in [-0.3, -0.25) is 4.79 Å². The van der Waals surface area contributed by atoms with Crippen molar-refractivity contribution in [2.45, 2.75) is 203 Å². The van der Waals surface area contributed by atoms with E-state index in [1.54, 1.807) is 12.2 Å². The molecule has 2 fully saturated rings. The number of ether oxygens (including phenoxy) is 4. The molecule has 2 aliphatic heterocycles. The molecule has 0 aromatic heterocycles. The van der Waals surface area contributed by atoms with Gasteiger partial charge in [-0.15, -0.1) is 0 Å². The maximum Gasteiger partial charge on any atom is 0.220 e. The average molecular weight is 1060 g/mol. The van der Waals surface area contributed by atoms with Crippen molar-refractivity contribution in [3.8, 4) is 0 Å². The summed E-state index contributed by atoms with van der Waals surface area (Å²) in [6.45, 7) is 2.36. The van der Waals surface area contributed by atoms with E-state index in [9.17, 15) is 45.6 Å². The molecule has 14 nitrogen and oxygen atoms in total. The van der Waals surface area contributed by atoms with Crippen LogP contribution < -0.4 is 5.32 Å². The molecule has 76 heavy (non-hydrogen) atoms. The Morgan fingerprint density at radius 1 is 0.487 bits per heavy atom. The Balaban J connectivity index is 1.57. The molecule has 0 saturated carbocycles. The predicted octanol–water partition coefficient (Wildman–Crippen LogP) is 8.77. The first-order valence-corrected chi connectivity index (χ1v) is 27.7. The third kappa shape index (κ3) is 31.1. The number of amides is 1. The van der Waals surface area contributed by atoms with Crippen molar-refractivity contribution in [1.29, 1.82) is 0 Å². The van der Waals surface area contributed by atoms with Gasteiger partial charge in [-0.05, 0) is 103 Å². The molecular weight excluding hydrogens is 967 g/mol. The monoisotopic (exact) mass is 1060 g/mol. The maximum atomic E-state index is 13.0. The Bertz CT molecular complexity index is 1870. The zero-order valence-corrected chi connectivity index (χ0v) is 45.4. The fourth-order valence-electron chi connectivity index (χ4n) is 7.75. The van der Waals surface area contributed by atoms with E-state index in [0.29, 0.717) is 12.8 Å². The van der Waals surface area contributed by atoms with Crippen LogP contribution in [0.25, 0.3) is 0 Å². The molecule has 9 N–H and O–H groups in total. The van der Waals surface area contributed by atoms with E-state index in [1.165, 1.54) is 0 Å². The molecule has 1 amide bonds. The third-order valence-electron chi connectivity index (χ3n) is 12.2. The van der Waals surface area contributed by atoms with Crippen LogP contribution in [-0.2, 0) is 23.7 Å². The van der Waals surface area contributed by atoms with Gasteiger partial charge in [-0.2, -0.15) is 0 Å². The number of aliphatic hydroxyl groups is 8. The lowest BCUT2D eigenvalue weighted by Gasteiger charge is -2.46. The molecule has 12 unspecified atom stereocenters. The molecule has 2 aliphatic rings. The molecule has 0 radical (unpaired) electrons. The third-order valence-corrected chi connectivity index (χ3v) is 12.2. The van der Waals surface area contributed by atoms with E-state index in [0.717, 1.165) is 96.3 Å². The van der Waals surface area contributed by atoms with Crippen molar-refractivity contribution >= 4 is 5.91 Å². The Morgan fingerprint density at radius 2 is 0.895 bits per heavy atom. The van der Waals surface area contributed by atoms with Gasteiger partial charge in [0.15, 0.2) is 12.6 Å². The first-order valence-electron chi connectivity index (χ1n) is 27.7. The number of carbonyl (C=O) groups excluding carboxylic acids is 1. The molecule has 0 bridgehead atoms. The normalized spacial score (nSPS) is 26.1. The van der Waals surface area contributed by atoms with Crippen LogP contribution in [0.1, 0.15) is 129 Å². The van der Waals surface area contributed by atoms with Gasteiger partial charge in [-0.1, -0.05) is 178 Å². The predicted molar refractivity (Wildman–Crippen MR) is 304 cm³/mol. The van der Waals surface area contributed by atoms with E-state index in [-0.39, 0.29) is 18.9 Å². The smallest absolute Gasteiger partial charge is 0.220 e.